The lowest BCUT2D eigenvalue weighted by molar-refractivity contribution is 0.0535. The Labute approximate surface area is 188 Å². The van der Waals surface area contributed by atoms with Gasteiger partial charge in [0.15, 0.2) is 11.5 Å². The molecule has 166 valence electrons. The molecule has 2 amide bonds. The van der Waals surface area contributed by atoms with E-state index in [-0.39, 0.29) is 11.8 Å². The van der Waals surface area contributed by atoms with E-state index in [1.807, 2.05) is 18.2 Å². The molecule has 1 fully saturated rings. The quantitative estimate of drug-likeness (QED) is 0.636. The first-order valence-electron chi connectivity index (χ1n) is 10.5. The van der Waals surface area contributed by atoms with Crippen LogP contribution in [0.25, 0.3) is 0 Å². The summed E-state index contributed by atoms with van der Waals surface area (Å²) in [5, 5.41) is 0.351. The second-order valence-corrected chi connectivity index (χ2v) is 8.38. The molecule has 1 heterocycles. The van der Waals surface area contributed by atoms with Gasteiger partial charge < -0.3 is 19.3 Å². The van der Waals surface area contributed by atoms with Crippen molar-refractivity contribution in [3.8, 4) is 11.5 Å². The predicted molar refractivity (Wildman–Crippen MR) is 121 cm³/mol. The normalized spacial score (nSPS) is 14.0. The van der Waals surface area contributed by atoms with Crippen LogP contribution in [-0.4, -0.2) is 61.5 Å². The Morgan fingerprint density at radius 2 is 1.55 bits per heavy atom. The highest BCUT2D eigenvalue weighted by Crippen LogP contribution is 2.37. The first-order chi connectivity index (χ1) is 14.9. The van der Waals surface area contributed by atoms with Gasteiger partial charge in [0, 0.05) is 37.3 Å². The maximum atomic E-state index is 13.0. The van der Waals surface area contributed by atoms with Crippen molar-refractivity contribution in [1.29, 1.82) is 0 Å². The van der Waals surface area contributed by atoms with Crippen LogP contribution in [0.2, 0.25) is 5.02 Å². The average Bonchev–Trinajstić information content (AvgIpc) is 2.79. The van der Waals surface area contributed by atoms with E-state index >= 15 is 0 Å². The molecule has 1 aliphatic rings. The summed E-state index contributed by atoms with van der Waals surface area (Å²) in [6.07, 6.45) is 0.895. The van der Waals surface area contributed by atoms with Crippen LogP contribution in [0.3, 0.4) is 0 Å². The summed E-state index contributed by atoms with van der Waals surface area (Å²) < 4.78 is 11.2. The van der Waals surface area contributed by atoms with Crippen LogP contribution >= 0.6 is 11.6 Å². The molecule has 0 spiro atoms. The largest absolute Gasteiger partial charge is 0.493 e. The molecular formula is C24H29ClN2O4. The number of methoxy groups -OCH3 is 1. The number of nitrogens with zero attached hydrogens (tertiary/aromatic N) is 2. The van der Waals surface area contributed by atoms with Crippen LogP contribution in [0.4, 0.5) is 0 Å². The molecule has 31 heavy (non-hydrogen) atoms. The third kappa shape index (κ3) is 5.70. The zero-order valence-electron chi connectivity index (χ0n) is 18.3. The first kappa shape index (κ1) is 22.9. The van der Waals surface area contributed by atoms with E-state index < -0.39 is 0 Å². The number of rotatable bonds is 7. The van der Waals surface area contributed by atoms with Gasteiger partial charge in [-0.05, 0) is 36.6 Å². The lowest BCUT2D eigenvalue weighted by Gasteiger charge is -2.35. The van der Waals surface area contributed by atoms with Crippen LogP contribution in [-0.2, 0) is 0 Å². The highest BCUT2D eigenvalue weighted by Gasteiger charge is 2.26. The van der Waals surface area contributed by atoms with E-state index in [4.69, 9.17) is 21.1 Å². The minimum atomic E-state index is -0.138. The van der Waals surface area contributed by atoms with E-state index in [2.05, 4.69) is 13.8 Å². The van der Waals surface area contributed by atoms with Crippen LogP contribution in [0, 0.1) is 5.92 Å². The van der Waals surface area contributed by atoms with Gasteiger partial charge in [0.05, 0.1) is 18.7 Å². The Kier molecular flexibility index (Phi) is 7.80. The first-order valence-corrected chi connectivity index (χ1v) is 10.9. The van der Waals surface area contributed by atoms with Crippen molar-refractivity contribution in [3.05, 3.63) is 58.6 Å². The number of carbonyl (C=O) groups is 2. The van der Waals surface area contributed by atoms with Crippen molar-refractivity contribution < 1.29 is 19.1 Å². The third-order valence-corrected chi connectivity index (χ3v) is 5.57. The van der Waals surface area contributed by atoms with E-state index in [1.165, 1.54) is 7.11 Å². The molecule has 0 unspecified atom stereocenters. The summed E-state index contributed by atoms with van der Waals surface area (Å²) >= 11 is 6.42. The molecule has 0 atom stereocenters. The van der Waals surface area contributed by atoms with E-state index in [1.54, 1.807) is 34.1 Å². The number of hydrogen-bond acceptors (Lipinski definition) is 4. The fourth-order valence-corrected chi connectivity index (χ4v) is 3.70. The van der Waals surface area contributed by atoms with E-state index in [0.717, 1.165) is 6.42 Å². The van der Waals surface area contributed by atoms with Crippen molar-refractivity contribution in [1.82, 2.24) is 9.80 Å². The van der Waals surface area contributed by atoms with Gasteiger partial charge in [-0.15, -0.1) is 0 Å². The molecule has 6 nitrogen and oxygen atoms in total. The number of amides is 2. The minimum absolute atomic E-state index is 0.0136. The molecule has 7 heteroatoms. The molecule has 1 aliphatic heterocycles. The fourth-order valence-electron chi connectivity index (χ4n) is 3.44. The summed E-state index contributed by atoms with van der Waals surface area (Å²) in [6.45, 7) is 6.67. The summed E-state index contributed by atoms with van der Waals surface area (Å²) in [5.41, 5.74) is 1.10. The van der Waals surface area contributed by atoms with Crippen LogP contribution < -0.4 is 9.47 Å². The molecule has 3 rings (SSSR count). The SMILES string of the molecule is COc1cc(C(=O)N2CCN(C(=O)c3ccccc3)CC2)cc(Cl)c1OCCC(C)C. The Bertz CT molecular complexity index is 909. The predicted octanol–water partition coefficient (Wildman–Crippen LogP) is 4.37. The van der Waals surface area contributed by atoms with Gasteiger partial charge >= 0.3 is 0 Å². The van der Waals surface area contributed by atoms with Crippen LogP contribution in [0.15, 0.2) is 42.5 Å². The molecule has 0 N–H and O–H groups in total. The van der Waals surface area contributed by atoms with Crippen molar-refractivity contribution in [2.24, 2.45) is 5.92 Å². The summed E-state index contributed by atoms with van der Waals surface area (Å²) in [7, 11) is 1.53. The molecule has 2 aromatic rings. The Hall–Kier alpha value is -2.73. The highest BCUT2D eigenvalue weighted by atomic mass is 35.5. The molecular weight excluding hydrogens is 416 g/mol. The maximum absolute atomic E-state index is 13.0. The zero-order valence-corrected chi connectivity index (χ0v) is 19.0. The van der Waals surface area contributed by atoms with Gasteiger partial charge in [0.25, 0.3) is 11.8 Å². The number of benzene rings is 2. The number of carbonyl (C=O) groups excluding carboxylic acids is 2. The third-order valence-electron chi connectivity index (χ3n) is 5.29. The number of hydrogen-bond donors (Lipinski definition) is 0. The Balaban J connectivity index is 1.65. The van der Waals surface area contributed by atoms with Gasteiger partial charge in [-0.25, -0.2) is 0 Å². The number of ether oxygens (including phenoxy) is 2. The van der Waals surface area contributed by atoms with Gasteiger partial charge in [-0.2, -0.15) is 0 Å². The van der Waals surface area contributed by atoms with Gasteiger partial charge in [0.2, 0.25) is 0 Å². The molecule has 0 bridgehead atoms. The zero-order chi connectivity index (χ0) is 22.4. The fraction of sp³-hybridized carbons (Fsp3) is 0.417. The van der Waals surface area contributed by atoms with Crippen molar-refractivity contribution in [2.45, 2.75) is 20.3 Å². The number of piperazine rings is 1. The lowest BCUT2D eigenvalue weighted by Crippen LogP contribution is -2.50. The van der Waals surface area contributed by atoms with E-state index in [0.29, 0.717) is 66.4 Å². The molecule has 0 aliphatic carbocycles. The monoisotopic (exact) mass is 444 g/mol. The number of halogens is 1. The summed E-state index contributed by atoms with van der Waals surface area (Å²) in [6, 6.07) is 12.5. The Morgan fingerprint density at radius 3 is 2.10 bits per heavy atom. The summed E-state index contributed by atoms with van der Waals surface area (Å²) in [4.78, 5) is 29.2. The van der Waals surface area contributed by atoms with Gasteiger partial charge in [0.1, 0.15) is 0 Å². The van der Waals surface area contributed by atoms with Crippen LogP contribution in [0.1, 0.15) is 41.0 Å². The average molecular weight is 445 g/mol. The topological polar surface area (TPSA) is 59.1 Å². The molecule has 0 radical (unpaired) electrons. The smallest absolute Gasteiger partial charge is 0.254 e. The standard InChI is InChI=1S/C24H29ClN2O4/c1-17(2)9-14-31-22-20(25)15-19(16-21(22)30-3)24(29)27-12-10-26(11-13-27)23(28)18-7-5-4-6-8-18/h4-8,15-17H,9-14H2,1-3H3. The highest BCUT2D eigenvalue weighted by molar-refractivity contribution is 6.32. The van der Waals surface area contributed by atoms with Crippen LogP contribution in [0.5, 0.6) is 11.5 Å². The lowest BCUT2D eigenvalue weighted by atomic mass is 10.1. The second-order valence-electron chi connectivity index (χ2n) is 7.97. The van der Waals surface area contributed by atoms with Crippen molar-refractivity contribution >= 4 is 23.4 Å². The van der Waals surface area contributed by atoms with Crippen molar-refractivity contribution in [3.63, 3.8) is 0 Å². The molecule has 1 saturated heterocycles. The molecule has 0 saturated carbocycles. The Morgan fingerprint density at radius 1 is 0.968 bits per heavy atom. The minimum Gasteiger partial charge on any atom is -0.493 e. The van der Waals surface area contributed by atoms with Gasteiger partial charge in [-0.1, -0.05) is 43.6 Å². The van der Waals surface area contributed by atoms with Crippen molar-refractivity contribution in [2.75, 3.05) is 39.9 Å². The van der Waals surface area contributed by atoms with Gasteiger partial charge in [-0.3, -0.25) is 9.59 Å². The van der Waals surface area contributed by atoms with E-state index in [9.17, 15) is 9.59 Å². The maximum Gasteiger partial charge on any atom is 0.254 e. The summed E-state index contributed by atoms with van der Waals surface area (Å²) in [5.74, 6) is 1.26. The second kappa shape index (κ2) is 10.5. The molecule has 2 aromatic carbocycles. The molecule has 0 aromatic heterocycles.